The molecule has 0 aliphatic heterocycles. The summed E-state index contributed by atoms with van der Waals surface area (Å²) in [7, 11) is 0. The van der Waals surface area contributed by atoms with Gasteiger partial charge in [-0.05, 0) is 20.8 Å². The zero-order valence-corrected chi connectivity index (χ0v) is 7.59. The molecule has 0 aromatic carbocycles. The molecule has 0 amide bonds. The minimum Gasteiger partial charge on any atom is -0.407 e. The zero-order valence-electron chi connectivity index (χ0n) is 7.59. The van der Waals surface area contributed by atoms with Gasteiger partial charge >= 0.3 is 6.01 Å². The quantitative estimate of drug-likeness (QED) is 0.684. The number of rotatable bonds is 2. The Kier molecular flexibility index (Phi) is 2.32. The Labute approximate surface area is 71.3 Å². The number of nitrogens with two attached hydrogens (primary N) is 1. The average molecular weight is 170 g/mol. The van der Waals surface area contributed by atoms with Gasteiger partial charge in [-0.2, -0.15) is 0 Å². The first-order chi connectivity index (χ1) is 5.51. The van der Waals surface area contributed by atoms with Crippen LogP contribution in [0.2, 0.25) is 0 Å². The maximum absolute atomic E-state index is 5.30. The lowest BCUT2D eigenvalue weighted by Crippen LogP contribution is -2.26. The third-order valence-electron chi connectivity index (χ3n) is 1.12. The first kappa shape index (κ1) is 8.99. The van der Waals surface area contributed by atoms with E-state index in [4.69, 9.17) is 10.2 Å². The Morgan fingerprint density at radius 3 is 2.50 bits per heavy atom. The largest absolute Gasteiger partial charge is 0.407 e. The molecule has 0 radical (unpaired) electrons. The van der Waals surface area contributed by atoms with E-state index in [0.717, 1.165) is 0 Å². The first-order valence-corrected chi connectivity index (χ1v) is 3.82. The molecule has 1 aromatic heterocycles. The maximum atomic E-state index is 5.30. The second kappa shape index (κ2) is 3.10. The van der Waals surface area contributed by atoms with Crippen molar-refractivity contribution in [2.75, 3.05) is 5.32 Å². The van der Waals surface area contributed by atoms with Crippen molar-refractivity contribution < 1.29 is 4.42 Å². The van der Waals surface area contributed by atoms with Crippen molar-refractivity contribution in [1.82, 2.24) is 10.2 Å². The van der Waals surface area contributed by atoms with Gasteiger partial charge in [0.15, 0.2) is 0 Å². The van der Waals surface area contributed by atoms with Crippen LogP contribution in [0.25, 0.3) is 0 Å². The SMILES string of the molecule is CC(C)(C)Nc1nnc(CN)o1. The number of nitrogens with zero attached hydrogens (tertiary/aromatic N) is 2. The van der Waals surface area contributed by atoms with Crippen molar-refractivity contribution in [2.24, 2.45) is 5.73 Å². The maximum Gasteiger partial charge on any atom is 0.315 e. The molecule has 1 aromatic rings. The smallest absolute Gasteiger partial charge is 0.315 e. The third kappa shape index (κ3) is 2.50. The monoisotopic (exact) mass is 170 g/mol. The van der Waals surface area contributed by atoms with Crippen LogP contribution in [-0.4, -0.2) is 15.7 Å². The Bertz CT molecular complexity index is 250. The summed E-state index contributed by atoms with van der Waals surface area (Å²) < 4.78 is 5.15. The van der Waals surface area contributed by atoms with Crippen LogP contribution in [0.5, 0.6) is 0 Å². The molecule has 0 saturated heterocycles. The Morgan fingerprint density at radius 1 is 1.42 bits per heavy atom. The van der Waals surface area contributed by atoms with Crippen molar-refractivity contribution in [3.63, 3.8) is 0 Å². The van der Waals surface area contributed by atoms with Crippen LogP contribution in [0, 0.1) is 0 Å². The molecule has 68 valence electrons. The van der Waals surface area contributed by atoms with Gasteiger partial charge < -0.3 is 15.5 Å². The first-order valence-electron chi connectivity index (χ1n) is 3.82. The predicted molar refractivity (Wildman–Crippen MR) is 45.6 cm³/mol. The van der Waals surface area contributed by atoms with E-state index in [-0.39, 0.29) is 12.1 Å². The van der Waals surface area contributed by atoms with Gasteiger partial charge in [0.1, 0.15) is 0 Å². The van der Waals surface area contributed by atoms with Crippen LogP contribution in [-0.2, 0) is 6.54 Å². The third-order valence-corrected chi connectivity index (χ3v) is 1.12. The highest BCUT2D eigenvalue weighted by atomic mass is 16.4. The molecule has 0 spiro atoms. The molecule has 0 fully saturated rings. The fourth-order valence-corrected chi connectivity index (χ4v) is 0.707. The topological polar surface area (TPSA) is 77.0 Å². The molecule has 1 rings (SSSR count). The van der Waals surface area contributed by atoms with Crippen LogP contribution >= 0.6 is 0 Å². The summed E-state index contributed by atoms with van der Waals surface area (Å²) in [6.45, 7) is 6.32. The number of hydrogen-bond acceptors (Lipinski definition) is 5. The van der Waals surface area contributed by atoms with Crippen LogP contribution in [0.4, 0.5) is 6.01 Å². The van der Waals surface area contributed by atoms with Crippen molar-refractivity contribution in [2.45, 2.75) is 32.9 Å². The second-order valence-electron chi connectivity index (χ2n) is 3.58. The highest BCUT2D eigenvalue weighted by molar-refractivity contribution is 5.21. The molecular weight excluding hydrogens is 156 g/mol. The second-order valence-corrected chi connectivity index (χ2v) is 3.58. The van der Waals surface area contributed by atoms with Crippen molar-refractivity contribution in [3.8, 4) is 0 Å². The van der Waals surface area contributed by atoms with Crippen molar-refractivity contribution in [3.05, 3.63) is 5.89 Å². The van der Waals surface area contributed by atoms with E-state index >= 15 is 0 Å². The molecule has 5 heteroatoms. The molecule has 12 heavy (non-hydrogen) atoms. The zero-order chi connectivity index (χ0) is 9.19. The van der Waals surface area contributed by atoms with E-state index in [1.165, 1.54) is 0 Å². The molecule has 0 aliphatic carbocycles. The van der Waals surface area contributed by atoms with E-state index in [1.807, 2.05) is 20.8 Å². The van der Waals surface area contributed by atoms with Gasteiger partial charge in [-0.15, -0.1) is 5.10 Å². The molecular formula is C7H14N4O. The van der Waals surface area contributed by atoms with Gasteiger partial charge in [0.05, 0.1) is 6.54 Å². The highest BCUT2D eigenvalue weighted by Crippen LogP contribution is 2.11. The van der Waals surface area contributed by atoms with Gasteiger partial charge in [0.2, 0.25) is 5.89 Å². The summed E-state index contributed by atoms with van der Waals surface area (Å²) in [5.74, 6) is 0.446. The van der Waals surface area contributed by atoms with Gasteiger partial charge in [-0.3, -0.25) is 0 Å². The number of hydrogen-bond donors (Lipinski definition) is 2. The molecule has 5 nitrogen and oxygen atoms in total. The lowest BCUT2D eigenvalue weighted by atomic mass is 10.1. The van der Waals surface area contributed by atoms with Gasteiger partial charge in [-0.1, -0.05) is 5.10 Å². The number of anilines is 1. The summed E-state index contributed by atoms with van der Waals surface area (Å²) in [5.41, 5.74) is 5.23. The van der Waals surface area contributed by atoms with E-state index in [2.05, 4.69) is 15.5 Å². The summed E-state index contributed by atoms with van der Waals surface area (Å²) >= 11 is 0. The molecule has 0 aliphatic rings. The lowest BCUT2D eigenvalue weighted by Gasteiger charge is -2.17. The summed E-state index contributed by atoms with van der Waals surface area (Å²) in [5, 5.41) is 10.5. The Balaban J connectivity index is 2.64. The van der Waals surface area contributed by atoms with E-state index in [0.29, 0.717) is 11.9 Å². The highest BCUT2D eigenvalue weighted by Gasteiger charge is 2.13. The van der Waals surface area contributed by atoms with Gasteiger partial charge in [-0.25, -0.2) is 0 Å². The molecule has 0 bridgehead atoms. The normalized spacial score (nSPS) is 11.7. The molecule has 0 saturated carbocycles. The summed E-state index contributed by atoms with van der Waals surface area (Å²) in [6.07, 6.45) is 0. The number of aromatic nitrogens is 2. The van der Waals surface area contributed by atoms with Gasteiger partial charge in [0, 0.05) is 5.54 Å². The van der Waals surface area contributed by atoms with Crippen LogP contribution in [0.3, 0.4) is 0 Å². The fraction of sp³-hybridized carbons (Fsp3) is 0.714. The Hall–Kier alpha value is -1.10. The average Bonchev–Trinajstić information content (AvgIpc) is 2.32. The van der Waals surface area contributed by atoms with Gasteiger partial charge in [0.25, 0.3) is 0 Å². The van der Waals surface area contributed by atoms with Crippen molar-refractivity contribution >= 4 is 6.01 Å². The minimum absolute atomic E-state index is 0.0710. The fourth-order valence-electron chi connectivity index (χ4n) is 0.707. The summed E-state index contributed by atoms with van der Waals surface area (Å²) in [6, 6.07) is 0.419. The Morgan fingerprint density at radius 2 is 2.08 bits per heavy atom. The van der Waals surface area contributed by atoms with Crippen LogP contribution < -0.4 is 11.1 Å². The molecule has 1 heterocycles. The van der Waals surface area contributed by atoms with E-state index < -0.39 is 0 Å². The standard InChI is InChI=1S/C7H14N4O/c1-7(2,3)9-6-11-10-5(4-8)12-6/h4,8H2,1-3H3,(H,9,11). The van der Waals surface area contributed by atoms with Crippen molar-refractivity contribution in [1.29, 1.82) is 0 Å². The van der Waals surface area contributed by atoms with E-state index in [1.54, 1.807) is 0 Å². The minimum atomic E-state index is -0.0710. The lowest BCUT2D eigenvalue weighted by molar-refractivity contribution is 0.488. The molecule has 0 atom stereocenters. The van der Waals surface area contributed by atoms with E-state index in [9.17, 15) is 0 Å². The predicted octanol–water partition coefficient (Wildman–Crippen LogP) is 0.739. The molecule has 3 N–H and O–H groups in total. The van der Waals surface area contributed by atoms with Crippen LogP contribution in [0.15, 0.2) is 4.42 Å². The van der Waals surface area contributed by atoms with Crippen LogP contribution in [0.1, 0.15) is 26.7 Å². The summed E-state index contributed by atoms with van der Waals surface area (Å²) in [4.78, 5) is 0. The number of nitrogens with one attached hydrogen (secondary N) is 1. The molecule has 0 unspecified atom stereocenters.